The molecule has 0 unspecified atom stereocenters. The molecule has 0 saturated heterocycles. The Bertz CT molecular complexity index is 626. The lowest BCUT2D eigenvalue weighted by Gasteiger charge is -2.08. The van der Waals surface area contributed by atoms with E-state index in [9.17, 15) is 5.11 Å². The summed E-state index contributed by atoms with van der Waals surface area (Å²) in [5.41, 5.74) is 4.97. The summed E-state index contributed by atoms with van der Waals surface area (Å²) in [6, 6.07) is 16.6. The molecule has 0 atom stereocenters. The highest BCUT2D eigenvalue weighted by molar-refractivity contribution is 7.80. The highest BCUT2D eigenvalue weighted by atomic mass is 32.1. The van der Waals surface area contributed by atoms with Gasteiger partial charge in [-0.25, -0.2) is 0 Å². The van der Waals surface area contributed by atoms with Gasteiger partial charge < -0.3 is 10.4 Å². The fourth-order valence-corrected chi connectivity index (χ4v) is 1.82. The number of aromatic hydroxyl groups is 1. The molecule has 0 radical (unpaired) electrons. The summed E-state index contributed by atoms with van der Waals surface area (Å²) < 4.78 is 0. The number of hydrazone groups is 1. The monoisotopic (exact) mass is 285 g/mol. The summed E-state index contributed by atoms with van der Waals surface area (Å²) in [6.07, 6.45) is 0. The molecule has 0 aliphatic carbocycles. The Morgan fingerprint density at radius 3 is 2.40 bits per heavy atom. The zero-order chi connectivity index (χ0) is 14.4. The van der Waals surface area contributed by atoms with Gasteiger partial charge >= 0.3 is 0 Å². The van der Waals surface area contributed by atoms with Gasteiger partial charge in [-0.1, -0.05) is 30.3 Å². The number of phenols is 1. The molecule has 0 amide bonds. The van der Waals surface area contributed by atoms with Gasteiger partial charge in [0.15, 0.2) is 5.11 Å². The molecule has 2 rings (SSSR count). The molecule has 2 aromatic carbocycles. The Kier molecular flexibility index (Phi) is 4.68. The van der Waals surface area contributed by atoms with Gasteiger partial charge in [0, 0.05) is 11.3 Å². The molecular formula is C15H15N3OS. The molecule has 102 valence electrons. The van der Waals surface area contributed by atoms with E-state index in [2.05, 4.69) is 15.8 Å². The Balaban J connectivity index is 1.99. The number of thiocarbonyl (C=S) groups is 1. The average Bonchev–Trinajstić information content (AvgIpc) is 2.46. The maximum atomic E-state index is 9.72. The molecule has 0 aromatic heterocycles. The maximum Gasteiger partial charge on any atom is 0.191 e. The van der Waals surface area contributed by atoms with Gasteiger partial charge in [-0.2, -0.15) is 5.10 Å². The molecule has 20 heavy (non-hydrogen) atoms. The number of anilines is 1. The number of phenolic OH excluding ortho intramolecular Hbond substituents is 1. The molecule has 3 N–H and O–H groups in total. The number of hydrogen-bond acceptors (Lipinski definition) is 3. The Hall–Kier alpha value is -2.40. The highest BCUT2D eigenvalue weighted by Gasteiger charge is 2.03. The topological polar surface area (TPSA) is 56.7 Å². The smallest absolute Gasteiger partial charge is 0.191 e. The number of hydrogen-bond donors (Lipinski definition) is 3. The van der Waals surface area contributed by atoms with Gasteiger partial charge in [0.1, 0.15) is 5.75 Å². The third-order valence-corrected chi connectivity index (χ3v) is 2.84. The van der Waals surface area contributed by atoms with E-state index in [0.717, 1.165) is 5.69 Å². The van der Waals surface area contributed by atoms with Crippen molar-refractivity contribution in [1.29, 1.82) is 0 Å². The van der Waals surface area contributed by atoms with Crippen molar-refractivity contribution >= 4 is 28.7 Å². The van der Waals surface area contributed by atoms with Crippen molar-refractivity contribution in [2.45, 2.75) is 6.92 Å². The highest BCUT2D eigenvalue weighted by Crippen LogP contribution is 2.16. The van der Waals surface area contributed by atoms with Crippen LogP contribution in [0.2, 0.25) is 0 Å². The summed E-state index contributed by atoms with van der Waals surface area (Å²) in [4.78, 5) is 0. The van der Waals surface area contributed by atoms with Gasteiger partial charge in [-0.15, -0.1) is 0 Å². The van der Waals surface area contributed by atoms with Gasteiger partial charge in [0.2, 0.25) is 0 Å². The van der Waals surface area contributed by atoms with Crippen molar-refractivity contribution in [3.63, 3.8) is 0 Å². The molecule has 5 heteroatoms. The van der Waals surface area contributed by atoms with Crippen molar-refractivity contribution < 1.29 is 5.11 Å². The maximum absolute atomic E-state index is 9.72. The van der Waals surface area contributed by atoms with Gasteiger partial charge in [-0.05, 0) is 43.4 Å². The first kappa shape index (κ1) is 14.0. The summed E-state index contributed by atoms with van der Waals surface area (Å²) >= 11 is 5.15. The van der Waals surface area contributed by atoms with Crippen LogP contribution in [0, 0.1) is 0 Å². The minimum Gasteiger partial charge on any atom is -0.507 e. The molecule has 2 aromatic rings. The van der Waals surface area contributed by atoms with Crippen LogP contribution in [0.15, 0.2) is 59.7 Å². The fourth-order valence-electron chi connectivity index (χ4n) is 1.65. The Labute approximate surface area is 123 Å². The largest absolute Gasteiger partial charge is 0.507 e. The van der Waals surface area contributed by atoms with Gasteiger partial charge in [0.05, 0.1) is 5.71 Å². The minimum atomic E-state index is 0.192. The minimum absolute atomic E-state index is 0.192. The third-order valence-electron chi connectivity index (χ3n) is 2.65. The van der Waals surface area contributed by atoms with E-state index in [0.29, 0.717) is 16.4 Å². The van der Waals surface area contributed by atoms with E-state index >= 15 is 0 Å². The number of para-hydroxylation sites is 2. The van der Waals surface area contributed by atoms with E-state index in [4.69, 9.17) is 12.2 Å². The van der Waals surface area contributed by atoms with Crippen molar-refractivity contribution in [2.75, 3.05) is 5.32 Å². The van der Waals surface area contributed by atoms with Crippen LogP contribution in [-0.4, -0.2) is 15.9 Å². The zero-order valence-corrected chi connectivity index (χ0v) is 11.8. The van der Waals surface area contributed by atoms with Crippen LogP contribution in [0.1, 0.15) is 12.5 Å². The first-order valence-corrected chi connectivity index (χ1v) is 6.52. The number of nitrogens with zero attached hydrogens (tertiary/aromatic N) is 1. The van der Waals surface area contributed by atoms with Crippen LogP contribution in [0.5, 0.6) is 5.75 Å². The second-order valence-corrected chi connectivity index (χ2v) is 4.55. The van der Waals surface area contributed by atoms with E-state index in [1.165, 1.54) is 0 Å². The second-order valence-electron chi connectivity index (χ2n) is 4.15. The van der Waals surface area contributed by atoms with Crippen LogP contribution in [0.4, 0.5) is 5.69 Å². The Morgan fingerprint density at radius 2 is 1.70 bits per heavy atom. The lowest BCUT2D eigenvalue weighted by Crippen LogP contribution is -2.24. The molecule has 0 spiro atoms. The first-order chi connectivity index (χ1) is 9.66. The van der Waals surface area contributed by atoms with Crippen molar-refractivity contribution in [3.8, 4) is 5.75 Å². The summed E-state index contributed by atoms with van der Waals surface area (Å²) in [5, 5.41) is 17.3. The van der Waals surface area contributed by atoms with E-state index < -0.39 is 0 Å². The SMILES string of the molecule is C/C(=N\NC(=S)Nc1ccccc1)c1ccccc1O. The molecule has 0 saturated carbocycles. The number of nitrogens with one attached hydrogen (secondary N) is 2. The molecule has 0 bridgehead atoms. The van der Waals surface area contributed by atoms with Crippen LogP contribution in [0.25, 0.3) is 0 Å². The zero-order valence-electron chi connectivity index (χ0n) is 11.0. The van der Waals surface area contributed by atoms with Crippen LogP contribution >= 0.6 is 12.2 Å². The molecule has 0 heterocycles. The Morgan fingerprint density at radius 1 is 1.05 bits per heavy atom. The number of benzene rings is 2. The van der Waals surface area contributed by atoms with Crippen LogP contribution < -0.4 is 10.7 Å². The summed E-state index contributed by atoms with van der Waals surface area (Å²) in [6.45, 7) is 1.80. The fraction of sp³-hybridized carbons (Fsp3) is 0.0667. The quantitative estimate of drug-likeness (QED) is 0.461. The van der Waals surface area contributed by atoms with Crippen molar-refractivity contribution in [2.24, 2.45) is 5.10 Å². The van der Waals surface area contributed by atoms with Crippen LogP contribution in [-0.2, 0) is 0 Å². The summed E-state index contributed by atoms with van der Waals surface area (Å²) in [5.74, 6) is 0.192. The van der Waals surface area contributed by atoms with Gasteiger partial charge in [-0.3, -0.25) is 5.43 Å². The van der Waals surface area contributed by atoms with Crippen LogP contribution in [0.3, 0.4) is 0 Å². The normalized spacial score (nSPS) is 10.9. The predicted molar refractivity (Wildman–Crippen MR) is 86.1 cm³/mol. The third kappa shape index (κ3) is 3.80. The van der Waals surface area contributed by atoms with E-state index in [1.807, 2.05) is 36.4 Å². The first-order valence-electron chi connectivity index (χ1n) is 6.11. The van der Waals surface area contributed by atoms with Gasteiger partial charge in [0.25, 0.3) is 0 Å². The lowest BCUT2D eigenvalue weighted by atomic mass is 10.1. The molecule has 0 aliphatic heterocycles. The van der Waals surface area contributed by atoms with Crippen molar-refractivity contribution in [3.05, 3.63) is 60.2 Å². The summed E-state index contributed by atoms with van der Waals surface area (Å²) in [7, 11) is 0. The molecule has 0 fully saturated rings. The standard InChI is InChI=1S/C15H15N3OS/c1-11(13-9-5-6-10-14(13)19)17-18-15(20)16-12-7-3-2-4-8-12/h2-10,19H,1H3,(H2,16,18,20)/b17-11+. The van der Waals surface area contributed by atoms with E-state index in [1.54, 1.807) is 25.1 Å². The van der Waals surface area contributed by atoms with Crippen molar-refractivity contribution in [1.82, 2.24) is 5.43 Å². The van der Waals surface area contributed by atoms with E-state index in [-0.39, 0.29) is 5.75 Å². The predicted octanol–water partition coefficient (Wildman–Crippen LogP) is 3.10. The number of rotatable bonds is 3. The molecular weight excluding hydrogens is 270 g/mol. The second kappa shape index (κ2) is 6.68. The average molecular weight is 285 g/mol. The molecule has 4 nitrogen and oxygen atoms in total. The lowest BCUT2D eigenvalue weighted by molar-refractivity contribution is 0.474. The molecule has 0 aliphatic rings.